The Labute approximate surface area is 209 Å². The zero-order valence-corrected chi connectivity index (χ0v) is 20.6. The number of esters is 1. The molecule has 4 aliphatic carbocycles. The Balaban J connectivity index is 1.49. The third kappa shape index (κ3) is 2.81. The maximum Gasteiger partial charge on any atom is 0.312 e. The first-order valence-corrected chi connectivity index (χ1v) is 13.0. The molecule has 0 aromatic heterocycles. The minimum Gasteiger partial charge on any atom is -0.459 e. The molecular formula is C26H36O10. The zero-order chi connectivity index (χ0) is 25.9. The lowest BCUT2D eigenvalue weighted by atomic mass is 9.39. The van der Waals surface area contributed by atoms with Gasteiger partial charge in [-0.1, -0.05) is 25.5 Å². The number of fused-ring (bicyclic) bond motifs is 2. The molecule has 14 atom stereocenters. The number of hydrogen-bond donors (Lipinski definition) is 5. The summed E-state index contributed by atoms with van der Waals surface area (Å²) in [6, 6.07) is 0. The zero-order valence-electron chi connectivity index (χ0n) is 20.6. The van der Waals surface area contributed by atoms with Crippen LogP contribution in [0.1, 0.15) is 46.0 Å². The van der Waals surface area contributed by atoms with E-state index < -0.39 is 83.7 Å². The maximum absolute atomic E-state index is 13.8. The highest BCUT2D eigenvalue weighted by Gasteiger charge is 2.79. The van der Waals surface area contributed by atoms with Crippen molar-refractivity contribution in [3.63, 3.8) is 0 Å². The third-order valence-corrected chi connectivity index (χ3v) is 10.7. The lowest BCUT2D eigenvalue weighted by molar-refractivity contribution is -0.348. The number of ether oxygens (including phenoxy) is 3. The fraction of sp³-hybridized carbons (Fsp3) is 0.846. The summed E-state index contributed by atoms with van der Waals surface area (Å²) in [5.41, 5.74) is -1.86. The maximum atomic E-state index is 13.8. The van der Waals surface area contributed by atoms with Gasteiger partial charge in [-0.05, 0) is 31.6 Å². The molecule has 6 rings (SSSR count). The number of rotatable bonds is 3. The second-order valence-corrected chi connectivity index (χ2v) is 12.5. The largest absolute Gasteiger partial charge is 0.459 e. The second kappa shape index (κ2) is 7.81. The van der Waals surface area contributed by atoms with Crippen LogP contribution < -0.4 is 0 Å². The lowest BCUT2D eigenvalue weighted by Crippen LogP contribution is -2.72. The van der Waals surface area contributed by atoms with E-state index in [2.05, 4.69) is 6.58 Å². The van der Waals surface area contributed by atoms with E-state index in [0.717, 1.165) is 12.0 Å². The molecule has 10 nitrogen and oxygen atoms in total. The van der Waals surface area contributed by atoms with Gasteiger partial charge in [0.25, 0.3) is 0 Å². The van der Waals surface area contributed by atoms with Crippen LogP contribution in [0.25, 0.3) is 0 Å². The van der Waals surface area contributed by atoms with Crippen LogP contribution in [-0.4, -0.2) is 92.9 Å². The molecule has 6 aliphatic rings. The first-order valence-electron chi connectivity index (χ1n) is 13.0. The first kappa shape index (κ1) is 24.9. The van der Waals surface area contributed by atoms with Gasteiger partial charge in [-0.3, -0.25) is 9.59 Å². The SMILES string of the molecule is C=C1C[C@]23[C@H](O)[C@H]1CC(=O)[C@H]2[C@]1(C)CCC[C@@]2(C)C(=O)O[C@@H]([C@@H]3O[C@@H]3O[C@H](CO)[C@@H](O)[C@H](O)[C@H]3O)[C@@H]12. The van der Waals surface area contributed by atoms with Crippen molar-refractivity contribution in [2.45, 2.75) is 95.0 Å². The van der Waals surface area contributed by atoms with Crippen molar-refractivity contribution >= 4 is 11.8 Å². The minimum atomic E-state index is -1.67. The Morgan fingerprint density at radius 3 is 2.50 bits per heavy atom. The smallest absolute Gasteiger partial charge is 0.312 e. The van der Waals surface area contributed by atoms with Crippen molar-refractivity contribution in [1.82, 2.24) is 0 Å². The van der Waals surface area contributed by atoms with E-state index in [4.69, 9.17) is 14.2 Å². The molecule has 6 fully saturated rings. The molecule has 2 aliphatic heterocycles. The Bertz CT molecular complexity index is 997. The summed E-state index contributed by atoms with van der Waals surface area (Å²) in [5, 5.41) is 52.7. The Morgan fingerprint density at radius 1 is 1.08 bits per heavy atom. The molecule has 0 aromatic carbocycles. The van der Waals surface area contributed by atoms with Gasteiger partial charge in [0.15, 0.2) is 6.29 Å². The highest BCUT2D eigenvalue weighted by molar-refractivity contribution is 5.87. The first-order chi connectivity index (χ1) is 16.9. The van der Waals surface area contributed by atoms with Crippen molar-refractivity contribution in [1.29, 1.82) is 0 Å². The predicted octanol–water partition coefficient (Wildman–Crippen LogP) is -0.564. The van der Waals surface area contributed by atoms with Crippen molar-refractivity contribution < 1.29 is 49.3 Å². The van der Waals surface area contributed by atoms with E-state index in [0.29, 0.717) is 19.3 Å². The van der Waals surface area contributed by atoms with Crippen LogP contribution in [0.3, 0.4) is 0 Å². The number of carbonyl (C=O) groups excluding carboxylic acids is 2. The molecule has 4 saturated carbocycles. The highest BCUT2D eigenvalue weighted by atomic mass is 16.7. The number of carbonyl (C=O) groups is 2. The van der Waals surface area contributed by atoms with Gasteiger partial charge in [-0.15, -0.1) is 0 Å². The summed E-state index contributed by atoms with van der Waals surface area (Å²) in [6.07, 6.45) is -7.85. The molecule has 5 N–H and O–H groups in total. The number of aliphatic hydroxyl groups is 5. The summed E-state index contributed by atoms with van der Waals surface area (Å²) >= 11 is 0. The third-order valence-electron chi connectivity index (χ3n) is 10.7. The quantitative estimate of drug-likeness (QED) is 0.190. The molecule has 0 unspecified atom stereocenters. The van der Waals surface area contributed by atoms with Crippen LogP contribution in [0, 0.1) is 34.0 Å². The molecule has 2 heterocycles. The fourth-order valence-corrected chi connectivity index (χ4v) is 9.37. The van der Waals surface area contributed by atoms with E-state index in [-0.39, 0.29) is 24.1 Å². The van der Waals surface area contributed by atoms with Gasteiger partial charge >= 0.3 is 5.97 Å². The normalized spacial score (nSPS) is 57.9. The molecule has 1 spiro atoms. The summed E-state index contributed by atoms with van der Waals surface area (Å²) in [7, 11) is 0. The monoisotopic (exact) mass is 508 g/mol. The van der Waals surface area contributed by atoms with E-state index >= 15 is 0 Å². The Hall–Kier alpha value is -1.40. The van der Waals surface area contributed by atoms with E-state index in [1.165, 1.54) is 0 Å². The van der Waals surface area contributed by atoms with E-state index in [1.54, 1.807) is 0 Å². The number of hydrogen-bond acceptors (Lipinski definition) is 10. The van der Waals surface area contributed by atoms with Crippen molar-refractivity contribution in [3.05, 3.63) is 12.2 Å². The van der Waals surface area contributed by atoms with Gasteiger partial charge in [-0.25, -0.2) is 0 Å². The average Bonchev–Trinajstić information content (AvgIpc) is 3.17. The van der Waals surface area contributed by atoms with Gasteiger partial charge in [-0.2, -0.15) is 0 Å². The molecule has 0 aromatic rings. The number of ketones is 1. The molecule has 200 valence electrons. The fourth-order valence-electron chi connectivity index (χ4n) is 9.37. The van der Waals surface area contributed by atoms with Gasteiger partial charge in [0, 0.05) is 29.6 Å². The van der Waals surface area contributed by atoms with Crippen LogP contribution >= 0.6 is 0 Å². The molecule has 2 bridgehead atoms. The van der Waals surface area contributed by atoms with Crippen LogP contribution in [0.2, 0.25) is 0 Å². The van der Waals surface area contributed by atoms with Crippen LogP contribution in [0.5, 0.6) is 0 Å². The molecule has 2 saturated heterocycles. The van der Waals surface area contributed by atoms with Gasteiger partial charge in [0.1, 0.15) is 42.4 Å². The minimum absolute atomic E-state index is 0.0101. The predicted molar refractivity (Wildman–Crippen MR) is 121 cm³/mol. The Morgan fingerprint density at radius 2 is 1.81 bits per heavy atom. The topological polar surface area (TPSA) is 163 Å². The molecule has 0 radical (unpaired) electrons. The van der Waals surface area contributed by atoms with Crippen molar-refractivity contribution in [3.8, 4) is 0 Å². The van der Waals surface area contributed by atoms with Crippen molar-refractivity contribution in [2.75, 3.05) is 6.61 Å². The second-order valence-electron chi connectivity index (χ2n) is 12.5. The van der Waals surface area contributed by atoms with Crippen molar-refractivity contribution in [2.24, 2.45) is 34.0 Å². The molecule has 0 amide bonds. The van der Waals surface area contributed by atoms with Crippen LogP contribution in [-0.2, 0) is 23.8 Å². The lowest BCUT2D eigenvalue weighted by Gasteiger charge is -2.64. The molecule has 36 heavy (non-hydrogen) atoms. The molecule has 10 heteroatoms. The van der Waals surface area contributed by atoms with Crippen LogP contribution in [0.4, 0.5) is 0 Å². The summed E-state index contributed by atoms with van der Waals surface area (Å²) in [5.74, 6) is -1.78. The van der Waals surface area contributed by atoms with Gasteiger partial charge < -0.3 is 39.7 Å². The number of Topliss-reactive ketones (excluding diaryl/α,β-unsaturated/α-hetero) is 1. The number of aliphatic hydroxyl groups excluding tert-OH is 5. The van der Waals surface area contributed by atoms with E-state index in [1.807, 2.05) is 13.8 Å². The van der Waals surface area contributed by atoms with Crippen LogP contribution in [0.15, 0.2) is 12.2 Å². The summed E-state index contributed by atoms with van der Waals surface area (Å²) in [6.45, 7) is 7.45. The summed E-state index contributed by atoms with van der Waals surface area (Å²) < 4.78 is 18.1. The summed E-state index contributed by atoms with van der Waals surface area (Å²) in [4.78, 5) is 27.1. The Kier molecular flexibility index (Phi) is 5.41. The van der Waals surface area contributed by atoms with Gasteiger partial charge in [0.05, 0.1) is 18.1 Å². The average molecular weight is 509 g/mol. The standard InChI is InChI=1S/C26H36O10/c1-10-8-26-18(12(28)7-11(10)20(26)32)24(2)5-4-6-25(3)19(24)17(35-23(25)33)21(26)36-22-16(31)15(30)14(29)13(9-27)34-22/h11,13-22,27,29-32H,1,4-9H2,2-3H3/t11-,13+,14+,15-,16+,17+,18-,19-,20+,21-,22-,24-,25+,26+/m0/s1. The van der Waals surface area contributed by atoms with Gasteiger partial charge in [0.2, 0.25) is 0 Å². The molecular weight excluding hydrogens is 472 g/mol. The highest BCUT2D eigenvalue weighted by Crippen LogP contribution is 2.74. The van der Waals surface area contributed by atoms with E-state index in [9.17, 15) is 35.1 Å².